The maximum atomic E-state index is 13.5. The molecule has 3 atom stereocenters. The van der Waals surface area contributed by atoms with Crippen molar-refractivity contribution in [2.45, 2.75) is 38.7 Å². The molecule has 6 N–H and O–H groups in total. The number of hydrogen-bond acceptors (Lipinski definition) is 9. The molecule has 0 bridgehead atoms. The molecule has 10 nitrogen and oxygen atoms in total. The number of aromatic nitrogens is 1. The molecule has 1 heterocycles. The van der Waals surface area contributed by atoms with E-state index in [-0.39, 0.29) is 36.1 Å². The van der Waals surface area contributed by atoms with Gasteiger partial charge in [0.15, 0.2) is 11.4 Å². The van der Waals surface area contributed by atoms with Crippen molar-refractivity contribution in [3.8, 4) is 16.9 Å². The number of Topliss-reactive ketones (excluding diaryl/α,β-unsaturated/α-hetero) is 2. The van der Waals surface area contributed by atoms with Crippen molar-refractivity contribution in [3.05, 3.63) is 51.6 Å². The maximum Gasteiger partial charge on any atom is 0.255 e. The number of carbonyl (C=O) groups is 3. The maximum absolute atomic E-state index is 13.5. The van der Waals surface area contributed by atoms with Crippen molar-refractivity contribution in [1.29, 1.82) is 0 Å². The van der Waals surface area contributed by atoms with Crippen LogP contribution in [0.15, 0.2) is 33.6 Å². The van der Waals surface area contributed by atoms with Gasteiger partial charge < -0.3 is 30.7 Å². The molecule has 0 saturated heterocycles. The van der Waals surface area contributed by atoms with Crippen molar-refractivity contribution >= 4 is 23.2 Å². The number of amides is 1. The Labute approximate surface area is 193 Å². The fraction of sp³-hybridized carbons (Fsp3) is 0.333. The Balaban J connectivity index is 1.73. The van der Waals surface area contributed by atoms with Crippen molar-refractivity contribution < 1.29 is 39.3 Å². The zero-order valence-electron chi connectivity index (χ0n) is 18.4. The molecule has 0 aliphatic heterocycles. The summed E-state index contributed by atoms with van der Waals surface area (Å²) in [6, 6.07) is 3.06. The summed E-state index contributed by atoms with van der Waals surface area (Å²) in [6.45, 7) is 3.50. The van der Waals surface area contributed by atoms with E-state index in [4.69, 9.17) is 10.3 Å². The van der Waals surface area contributed by atoms with Gasteiger partial charge in [-0.25, -0.2) is 0 Å². The number of nitrogens with two attached hydrogens (primary N) is 1. The van der Waals surface area contributed by atoms with E-state index in [2.05, 4.69) is 5.16 Å². The normalized spacial score (nSPS) is 26.3. The van der Waals surface area contributed by atoms with Gasteiger partial charge in [-0.1, -0.05) is 11.2 Å². The van der Waals surface area contributed by atoms with E-state index in [1.165, 1.54) is 6.07 Å². The largest absolute Gasteiger partial charge is 0.508 e. The van der Waals surface area contributed by atoms with Crippen LogP contribution in [0.25, 0.3) is 16.9 Å². The number of fused-ring (bicyclic) bond motifs is 3. The Morgan fingerprint density at radius 2 is 1.85 bits per heavy atom. The first kappa shape index (κ1) is 21.9. The van der Waals surface area contributed by atoms with Gasteiger partial charge in [-0.15, -0.1) is 0 Å². The fourth-order valence-electron chi connectivity index (χ4n) is 5.72. The van der Waals surface area contributed by atoms with Gasteiger partial charge in [-0.2, -0.15) is 0 Å². The van der Waals surface area contributed by atoms with E-state index in [1.807, 2.05) is 0 Å². The van der Waals surface area contributed by atoms with Crippen LogP contribution in [-0.2, 0) is 20.8 Å². The lowest BCUT2D eigenvalue weighted by molar-refractivity contribution is -0.147. The summed E-state index contributed by atoms with van der Waals surface area (Å²) in [7, 11) is 0. The van der Waals surface area contributed by atoms with E-state index in [1.54, 1.807) is 19.9 Å². The summed E-state index contributed by atoms with van der Waals surface area (Å²) in [5.74, 6) is -6.01. The molecule has 1 aromatic heterocycles. The highest BCUT2D eigenvalue weighted by atomic mass is 16.5. The van der Waals surface area contributed by atoms with Gasteiger partial charge in [0.1, 0.15) is 28.6 Å². The number of primary amides is 1. The second kappa shape index (κ2) is 7.04. The molecule has 2 aromatic rings. The molecule has 0 spiro atoms. The number of aliphatic hydroxyl groups excluding tert-OH is 2. The predicted molar refractivity (Wildman–Crippen MR) is 116 cm³/mol. The summed E-state index contributed by atoms with van der Waals surface area (Å²) in [5, 5.41) is 47.6. The smallest absolute Gasteiger partial charge is 0.255 e. The molecule has 10 heteroatoms. The van der Waals surface area contributed by atoms with Crippen LogP contribution < -0.4 is 5.73 Å². The third kappa shape index (κ3) is 2.65. The fourth-order valence-corrected chi connectivity index (χ4v) is 5.72. The third-order valence-electron chi connectivity index (χ3n) is 7.25. The van der Waals surface area contributed by atoms with Crippen LogP contribution in [-0.4, -0.2) is 48.7 Å². The molecule has 1 aromatic carbocycles. The number of benzene rings is 1. The number of ketones is 2. The number of nitrogens with zero attached hydrogens (tertiary/aromatic N) is 1. The SMILES string of the molecule is Cc1noc(C)c1-c1ccc(O)c2c1C[C@H]1C[C@H]3CC(=O)C(C(N)=O)=C(O)[C@@]3(O)C(=O)C1=C2O. The minimum Gasteiger partial charge on any atom is -0.508 e. The molecule has 1 saturated carbocycles. The Morgan fingerprint density at radius 1 is 1.15 bits per heavy atom. The molecule has 5 rings (SSSR count). The number of carbonyl (C=O) groups excluding carboxylic acids is 3. The van der Waals surface area contributed by atoms with Crippen molar-refractivity contribution in [2.24, 2.45) is 17.6 Å². The molecule has 3 aliphatic carbocycles. The molecule has 34 heavy (non-hydrogen) atoms. The van der Waals surface area contributed by atoms with Gasteiger partial charge in [0.05, 0.1) is 11.3 Å². The Hall–Kier alpha value is -3.92. The van der Waals surface area contributed by atoms with Crippen LogP contribution in [0, 0.1) is 25.7 Å². The third-order valence-corrected chi connectivity index (χ3v) is 7.25. The second-order valence-electron chi connectivity index (χ2n) is 9.09. The summed E-state index contributed by atoms with van der Waals surface area (Å²) < 4.78 is 5.28. The molecule has 1 amide bonds. The van der Waals surface area contributed by atoms with E-state index < -0.39 is 52.0 Å². The van der Waals surface area contributed by atoms with Gasteiger partial charge in [-0.3, -0.25) is 14.4 Å². The first-order valence-corrected chi connectivity index (χ1v) is 10.7. The number of phenols is 1. The number of aliphatic hydroxyl groups is 3. The first-order chi connectivity index (χ1) is 16.0. The van der Waals surface area contributed by atoms with Crippen molar-refractivity contribution in [1.82, 2.24) is 5.16 Å². The lowest BCUT2D eigenvalue weighted by atomic mass is 9.59. The lowest BCUT2D eigenvalue weighted by Gasteiger charge is -2.46. The van der Waals surface area contributed by atoms with Crippen LogP contribution in [0.4, 0.5) is 0 Å². The van der Waals surface area contributed by atoms with Crippen LogP contribution in [0.2, 0.25) is 0 Å². The molecule has 1 fully saturated rings. The van der Waals surface area contributed by atoms with Gasteiger partial charge in [0.2, 0.25) is 5.78 Å². The van der Waals surface area contributed by atoms with Crippen LogP contribution in [0.1, 0.15) is 35.4 Å². The highest BCUT2D eigenvalue weighted by Gasteiger charge is 2.60. The minimum absolute atomic E-state index is 0.0321. The predicted octanol–water partition coefficient (Wildman–Crippen LogP) is 1.70. The van der Waals surface area contributed by atoms with Crippen molar-refractivity contribution in [3.63, 3.8) is 0 Å². The standard InChI is InChI=1S/C24H22N2O8/c1-8-16(9(2)34-26-8)12-3-4-14(27)18-13(12)6-10-5-11-7-15(28)19(23(25)32)22(31)24(11,33)21(30)17(10)20(18)29/h3-4,10-11,27,29,31,33H,5-7H2,1-2H3,(H2,25,32)/t10-,11+,24+/m1/s1. The van der Waals surface area contributed by atoms with Crippen molar-refractivity contribution in [2.75, 3.05) is 0 Å². The zero-order valence-corrected chi connectivity index (χ0v) is 18.4. The number of aromatic hydroxyl groups is 1. The number of hydrogen-bond donors (Lipinski definition) is 5. The van der Waals surface area contributed by atoms with Crippen LogP contribution in [0.5, 0.6) is 5.75 Å². The number of phenolic OH excluding ortho intramolecular Hbond substituents is 1. The number of aryl methyl sites for hydroxylation is 2. The highest BCUT2D eigenvalue weighted by molar-refractivity contribution is 6.22. The summed E-state index contributed by atoms with van der Waals surface area (Å²) in [4.78, 5) is 37.7. The average molecular weight is 466 g/mol. The van der Waals surface area contributed by atoms with Gasteiger partial charge in [-0.05, 0) is 49.8 Å². The Morgan fingerprint density at radius 3 is 2.47 bits per heavy atom. The van der Waals surface area contributed by atoms with E-state index in [9.17, 15) is 34.8 Å². The van der Waals surface area contributed by atoms with Crippen LogP contribution in [0.3, 0.4) is 0 Å². The van der Waals surface area contributed by atoms with Gasteiger partial charge in [0.25, 0.3) is 5.91 Å². The minimum atomic E-state index is -2.58. The van der Waals surface area contributed by atoms with E-state index >= 15 is 0 Å². The lowest BCUT2D eigenvalue weighted by Crippen LogP contribution is -2.58. The average Bonchev–Trinajstić information content (AvgIpc) is 3.08. The molecular weight excluding hydrogens is 444 g/mol. The zero-order chi connectivity index (χ0) is 24.7. The van der Waals surface area contributed by atoms with Gasteiger partial charge >= 0.3 is 0 Å². The second-order valence-corrected chi connectivity index (χ2v) is 9.09. The topological polar surface area (TPSA) is 184 Å². The van der Waals surface area contributed by atoms with Crippen LogP contribution >= 0.6 is 0 Å². The Kier molecular flexibility index (Phi) is 4.53. The summed E-state index contributed by atoms with van der Waals surface area (Å²) in [6.07, 6.45) is -0.0828. The quantitative estimate of drug-likeness (QED) is 0.411. The molecule has 3 aliphatic rings. The van der Waals surface area contributed by atoms with E-state index in [0.29, 0.717) is 28.1 Å². The first-order valence-electron chi connectivity index (χ1n) is 10.7. The number of rotatable bonds is 2. The van der Waals surface area contributed by atoms with E-state index in [0.717, 1.165) is 0 Å². The Bertz CT molecular complexity index is 1360. The highest BCUT2D eigenvalue weighted by Crippen LogP contribution is 2.53. The summed E-state index contributed by atoms with van der Waals surface area (Å²) >= 11 is 0. The van der Waals surface area contributed by atoms with Gasteiger partial charge in [0, 0.05) is 23.5 Å². The molecule has 0 unspecified atom stereocenters. The summed E-state index contributed by atoms with van der Waals surface area (Å²) in [5.41, 5.74) is 4.20. The molecule has 176 valence electrons. The monoisotopic (exact) mass is 466 g/mol. The molecule has 0 radical (unpaired) electrons. The molecular formula is C24H22N2O8.